The number of piperidine rings is 1. The van der Waals surface area contributed by atoms with Crippen LogP contribution in [-0.4, -0.2) is 54.5 Å². The number of likely N-dealkylation sites (N-methyl/N-ethyl adjacent to an activating group) is 1. The molecule has 2 N–H and O–H groups in total. The van der Waals surface area contributed by atoms with Gasteiger partial charge in [0, 0.05) is 26.2 Å². The van der Waals surface area contributed by atoms with Crippen molar-refractivity contribution in [3.8, 4) is 0 Å². The van der Waals surface area contributed by atoms with Crippen LogP contribution in [0.5, 0.6) is 0 Å². The first kappa shape index (κ1) is 15.4. The molecule has 0 spiro atoms. The molecule has 1 aliphatic rings. The maximum Gasteiger partial charge on any atom is 0.239 e. The molecule has 0 aliphatic carbocycles. The molecule has 0 aromatic rings. The highest BCUT2D eigenvalue weighted by molar-refractivity contribution is 5.81. The van der Waals surface area contributed by atoms with Crippen LogP contribution in [0.15, 0.2) is 0 Å². The molecule has 1 atom stereocenters. The van der Waals surface area contributed by atoms with Gasteiger partial charge in [0.1, 0.15) is 0 Å². The first-order valence-corrected chi connectivity index (χ1v) is 7.34. The second-order valence-corrected chi connectivity index (χ2v) is 5.36. The van der Waals surface area contributed by atoms with Crippen molar-refractivity contribution in [2.24, 2.45) is 5.73 Å². The van der Waals surface area contributed by atoms with Gasteiger partial charge in [-0.05, 0) is 25.8 Å². The van der Waals surface area contributed by atoms with Crippen LogP contribution in [0.4, 0.5) is 0 Å². The van der Waals surface area contributed by atoms with E-state index in [0.717, 1.165) is 51.7 Å². The third-order valence-corrected chi connectivity index (χ3v) is 4.09. The summed E-state index contributed by atoms with van der Waals surface area (Å²) >= 11 is 0. The molecule has 1 saturated heterocycles. The average molecular weight is 255 g/mol. The highest BCUT2D eigenvalue weighted by Gasteiger charge is 2.27. The van der Waals surface area contributed by atoms with Crippen LogP contribution in [0.1, 0.15) is 46.0 Å². The van der Waals surface area contributed by atoms with Crippen molar-refractivity contribution in [3.05, 3.63) is 0 Å². The third-order valence-electron chi connectivity index (χ3n) is 4.09. The van der Waals surface area contributed by atoms with Gasteiger partial charge in [-0.2, -0.15) is 0 Å². The number of carbonyl (C=O) groups is 1. The SMILES string of the molecule is CCCCC(N)C(=O)N(C)C1CCN(CC)CC1. The number of nitrogens with zero attached hydrogens (tertiary/aromatic N) is 2. The molecular weight excluding hydrogens is 226 g/mol. The van der Waals surface area contributed by atoms with Crippen molar-refractivity contribution in [2.45, 2.75) is 58.0 Å². The number of hydrogen-bond acceptors (Lipinski definition) is 3. The second-order valence-electron chi connectivity index (χ2n) is 5.36. The summed E-state index contributed by atoms with van der Waals surface area (Å²) in [5, 5.41) is 0. The lowest BCUT2D eigenvalue weighted by atomic mass is 10.0. The Bertz CT molecular complexity index is 249. The molecule has 1 aliphatic heterocycles. The Morgan fingerprint density at radius 3 is 2.50 bits per heavy atom. The van der Waals surface area contributed by atoms with Crippen LogP contribution < -0.4 is 5.73 Å². The van der Waals surface area contributed by atoms with E-state index >= 15 is 0 Å². The summed E-state index contributed by atoms with van der Waals surface area (Å²) in [5.74, 6) is 0.124. The molecule has 1 amide bonds. The van der Waals surface area contributed by atoms with Crippen molar-refractivity contribution in [1.29, 1.82) is 0 Å². The van der Waals surface area contributed by atoms with Gasteiger partial charge in [-0.1, -0.05) is 26.7 Å². The highest BCUT2D eigenvalue weighted by atomic mass is 16.2. The summed E-state index contributed by atoms with van der Waals surface area (Å²) < 4.78 is 0. The van der Waals surface area contributed by atoms with Gasteiger partial charge >= 0.3 is 0 Å². The number of amides is 1. The molecular formula is C14H29N3O. The molecule has 0 aromatic heterocycles. The van der Waals surface area contributed by atoms with Crippen molar-refractivity contribution < 1.29 is 4.79 Å². The van der Waals surface area contributed by atoms with Gasteiger partial charge in [-0.3, -0.25) is 4.79 Å². The number of unbranched alkanes of at least 4 members (excludes halogenated alkanes) is 1. The Hall–Kier alpha value is -0.610. The smallest absolute Gasteiger partial charge is 0.239 e. The Morgan fingerprint density at radius 1 is 1.39 bits per heavy atom. The van der Waals surface area contributed by atoms with Gasteiger partial charge in [-0.25, -0.2) is 0 Å². The number of rotatable bonds is 6. The van der Waals surface area contributed by atoms with Gasteiger partial charge in [0.2, 0.25) is 5.91 Å². The second kappa shape index (κ2) is 7.74. The number of carbonyl (C=O) groups excluding carboxylic acids is 1. The minimum Gasteiger partial charge on any atom is -0.341 e. The zero-order valence-electron chi connectivity index (χ0n) is 12.2. The largest absolute Gasteiger partial charge is 0.341 e. The minimum atomic E-state index is -0.306. The topological polar surface area (TPSA) is 49.6 Å². The van der Waals surface area contributed by atoms with Crippen LogP contribution >= 0.6 is 0 Å². The number of nitrogens with two attached hydrogens (primary N) is 1. The summed E-state index contributed by atoms with van der Waals surface area (Å²) in [4.78, 5) is 16.5. The Morgan fingerprint density at radius 2 is 2.00 bits per heavy atom. The maximum atomic E-state index is 12.2. The average Bonchev–Trinajstić information content (AvgIpc) is 2.43. The fourth-order valence-corrected chi connectivity index (χ4v) is 2.61. The van der Waals surface area contributed by atoms with E-state index in [1.54, 1.807) is 0 Å². The number of hydrogen-bond donors (Lipinski definition) is 1. The summed E-state index contributed by atoms with van der Waals surface area (Å²) in [5.41, 5.74) is 5.96. The van der Waals surface area contributed by atoms with Crippen molar-refractivity contribution in [3.63, 3.8) is 0 Å². The third kappa shape index (κ3) is 4.25. The standard InChI is InChI=1S/C14H29N3O/c1-4-6-7-13(15)14(18)16(3)12-8-10-17(5-2)11-9-12/h12-13H,4-11,15H2,1-3H3. The van der Waals surface area contributed by atoms with E-state index < -0.39 is 0 Å². The molecule has 0 bridgehead atoms. The quantitative estimate of drug-likeness (QED) is 0.781. The first-order chi connectivity index (χ1) is 8.60. The van der Waals surface area contributed by atoms with E-state index in [1.165, 1.54) is 0 Å². The zero-order chi connectivity index (χ0) is 13.5. The molecule has 106 valence electrons. The minimum absolute atomic E-state index is 0.124. The van der Waals surface area contributed by atoms with Crippen LogP contribution in [-0.2, 0) is 4.79 Å². The molecule has 1 fully saturated rings. The lowest BCUT2D eigenvalue weighted by molar-refractivity contribution is -0.134. The molecule has 0 radical (unpaired) electrons. The van der Waals surface area contributed by atoms with E-state index in [4.69, 9.17) is 5.73 Å². The molecule has 0 saturated carbocycles. The maximum absolute atomic E-state index is 12.2. The van der Waals surface area contributed by atoms with E-state index in [2.05, 4.69) is 18.7 Å². The first-order valence-electron chi connectivity index (χ1n) is 7.34. The molecule has 1 heterocycles. The van der Waals surface area contributed by atoms with Gasteiger partial charge in [0.15, 0.2) is 0 Å². The van der Waals surface area contributed by atoms with Crippen LogP contribution in [0, 0.1) is 0 Å². The summed E-state index contributed by atoms with van der Waals surface area (Å²) in [7, 11) is 1.92. The fraction of sp³-hybridized carbons (Fsp3) is 0.929. The van der Waals surface area contributed by atoms with Crippen molar-refractivity contribution in [2.75, 3.05) is 26.7 Å². The monoisotopic (exact) mass is 255 g/mol. The summed E-state index contributed by atoms with van der Waals surface area (Å²) in [6.45, 7) is 7.63. The van der Waals surface area contributed by atoms with Gasteiger partial charge < -0.3 is 15.5 Å². The van der Waals surface area contributed by atoms with Crippen molar-refractivity contribution in [1.82, 2.24) is 9.80 Å². The highest BCUT2D eigenvalue weighted by Crippen LogP contribution is 2.16. The zero-order valence-corrected chi connectivity index (χ0v) is 12.2. The van der Waals surface area contributed by atoms with Gasteiger partial charge in [-0.15, -0.1) is 0 Å². The van der Waals surface area contributed by atoms with E-state index in [0.29, 0.717) is 6.04 Å². The van der Waals surface area contributed by atoms with Crippen LogP contribution in [0.2, 0.25) is 0 Å². The molecule has 4 heteroatoms. The van der Waals surface area contributed by atoms with Gasteiger partial charge in [0.25, 0.3) is 0 Å². The molecule has 1 unspecified atom stereocenters. The van der Waals surface area contributed by atoms with Crippen LogP contribution in [0.25, 0.3) is 0 Å². The predicted octanol–water partition coefficient (Wildman–Crippen LogP) is 1.45. The normalized spacial score (nSPS) is 19.8. The van der Waals surface area contributed by atoms with Crippen molar-refractivity contribution >= 4 is 5.91 Å². The lowest BCUT2D eigenvalue weighted by Crippen LogP contribution is -2.50. The predicted molar refractivity (Wildman–Crippen MR) is 75.4 cm³/mol. The molecule has 0 aromatic carbocycles. The molecule has 1 rings (SSSR count). The summed E-state index contributed by atoms with van der Waals surface area (Å²) in [6.07, 6.45) is 5.11. The van der Waals surface area contributed by atoms with Crippen LogP contribution in [0.3, 0.4) is 0 Å². The lowest BCUT2D eigenvalue weighted by Gasteiger charge is -2.37. The molecule has 18 heavy (non-hydrogen) atoms. The van der Waals surface area contributed by atoms with Gasteiger partial charge in [0.05, 0.1) is 6.04 Å². The Labute approximate surface area is 111 Å². The van der Waals surface area contributed by atoms with E-state index in [9.17, 15) is 4.79 Å². The number of likely N-dealkylation sites (tertiary alicyclic amines) is 1. The Balaban J connectivity index is 2.39. The van der Waals surface area contributed by atoms with E-state index in [-0.39, 0.29) is 11.9 Å². The Kier molecular flexibility index (Phi) is 6.65. The fourth-order valence-electron chi connectivity index (χ4n) is 2.61. The summed E-state index contributed by atoms with van der Waals surface area (Å²) in [6, 6.07) is 0.0760. The van der Waals surface area contributed by atoms with E-state index in [1.807, 2.05) is 11.9 Å². The molecule has 4 nitrogen and oxygen atoms in total.